The number of pyridine rings is 1. The number of methoxy groups -OCH3 is 1. The van der Waals surface area contributed by atoms with E-state index in [0.29, 0.717) is 26.2 Å². The van der Waals surface area contributed by atoms with Crippen LogP contribution in [0.2, 0.25) is 0 Å². The number of hydrogen-bond donors (Lipinski definition) is 2. The van der Waals surface area contributed by atoms with Crippen molar-refractivity contribution in [2.24, 2.45) is 0 Å². The third kappa shape index (κ3) is 9.18. The summed E-state index contributed by atoms with van der Waals surface area (Å²) in [5.41, 5.74) is 0.993. The van der Waals surface area contributed by atoms with Crippen LogP contribution >= 0.6 is 24.8 Å². The molecule has 0 bridgehead atoms. The zero-order valence-electron chi connectivity index (χ0n) is 10.2. The molecule has 1 rings (SSSR count). The smallest absolute Gasteiger partial charge is 0.234 e. The predicted octanol–water partition coefficient (Wildman–Crippen LogP) is 0.777. The van der Waals surface area contributed by atoms with Gasteiger partial charge in [0.25, 0.3) is 0 Å². The molecule has 18 heavy (non-hydrogen) atoms. The molecule has 0 aliphatic heterocycles. The van der Waals surface area contributed by atoms with Crippen LogP contribution in [0.5, 0.6) is 0 Å². The van der Waals surface area contributed by atoms with E-state index in [4.69, 9.17) is 4.74 Å². The van der Waals surface area contributed by atoms with Crippen molar-refractivity contribution >= 4 is 30.7 Å². The zero-order valence-corrected chi connectivity index (χ0v) is 11.9. The second-order valence-electron chi connectivity index (χ2n) is 3.31. The van der Waals surface area contributed by atoms with Crippen molar-refractivity contribution in [1.82, 2.24) is 15.6 Å². The van der Waals surface area contributed by atoms with Gasteiger partial charge in [-0.15, -0.1) is 24.8 Å². The normalized spacial score (nSPS) is 8.94. The quantitative estimate of drug-likeness (QED) is 0.730. The number of nitrogens with zero attached hydrogens (tertiary/aromatic N) is 1. The van der Waals surface area contributed by atoms with Crippen LogP contribution in [-0.4, -0.2) is 37.7 Å². The molecule has 0 aliphatic carbocycles. The largest absolute Gasteiger partial charge is 0.383 e. The van der Waals surface area contributed by atoms with Gasteiger partial charge in [-0.05, 0) is 11.6 Å². The number of ether oxygens (including phenoxy) is 1. The van der Waals surface area contributed by atoms with Gasteiger partial charge in [-0.1, -0.05) is 6.07 Å². The SMILES string of the molecule is COCCNCC(=O)NCc1cccnc1.Cl.Cl. The molecule has 0 fully saturated rings. The van der Waals surface area contributed by atoms with E-state index in [2.05, 4.69) is 15.6 Å². The van der Waals surface area contributed by atoms with E-state index >= 15 is 0 Å². The average molecular weight is 296 g/mol. The highest BCUT2D eigenvalue weighted by molar-refractivity contribution is 5.85. The van der Waals surface area contributed by atoms with Crippen molar-refractivity contribution in [3.8, 4) is 0 Å². The highest BCUT2D eigenvalue weighted by Gasteiger charge is 1.99. The Hall–Kier alpha value is -0.880. The van der Waals surface area contributed by atoms with E-state index in [1.54, 1.807) is 19.5 Å². The van der Waals surface area contributed by atoms with Crippen molar-refractivity contribution in [2.75, 3.05) is 26.8 Å². The number of amides is 1. The van der Waals surface area contributed by atoms with E-state index in [0.717, 1.165) is 5.56 Å². The number of nitrogens with one attached hydrogen (secondary N) is 2. The second kappa shape index (κ2) is 12.6. The van der Waals surface area contributed by atoms with Gasteiger partial charge in [0.1, 0.15) is 0 Å². The molecule has 0 saturated heterocycles. The summed E-state index contributed by atoms with van der Waals surface area (Å²) in [6.07, 6.45) is 3.44. The fourth-order valence-corrected chi connectivity index (χ4v) is 1.14. The minimum Gasteiger partial charge on any atom is -0.383 e. The van der Waals surface area contributed by atoms with Gasteiger partial charge in [-0.3, -0.25) is 9.78 Å². The zero-order chi connectivity index (χ0) is 11.6. The molecule has 0 spiro atoms. The van der Waals surface area contributed by atoms with E-state index in [1.165, 1.54) is 0 Å². The molecule has 0 radical (unpaired) electrons. The molecule has 0 aromatic carbocycles. The van der Waals surface area contributed by atoms with Gasteiger partial charge in [0.15, 0.2) is 0 Å². The number of rotatable bonds is 7. The van der Waals surface area contributed by atoms with Crippen LogP contribution in [0.15, 0.2) is 24.5 Å². The van der Waals surface area contributed by atoms with Gasteiger partial charge in [0, 0.05) is 32.6 Å². The lowest BCUT2D eigenvalue weighted by atomic mass is 10.3. The number of hydrogen-bond acceptors (Lipinski definition) is 4. The first-order valence-corrected chi connectivity index (χ1v) is 5.18. The van der Waals surface area contributed by atoms with Crippen molar-refractivity contribution in [3.63, 3.8) is 0 Å². The summed E-state index contributed by atoms with van der Waals surface area (Å²) in [5, 5.41) is 5.76. The lowest BCUT2D eigenvalue weighted by Crippen LogP contribution is -2.34. The summed E-state index contributed by atoms with van der Waals surface area (Å²) in [6.45, 7) is 2.11. The number of aromatic nitrogens is 1. The van der Waals surface area contributed by atoms with Crippen molar-refractivity contribution in [2.45, 2.75) is 6.54 Å². The van der Waals surface area contributed by atoms with E-state index in [-0.39, 0.29) is 30.7 Å². The molecule has 0 atom stereocenters. The molecule has 5 nitrogen and oxygen atoms in total. The minimum atomic E-state index is -0.0278. The van der Waals surface area contributed by atoms with E-state index < -0.39 is 0 Å². The van der Waals surface area contributed by atoms with Gasteiger partial charge < -0.3 is 15.4 Å². The highest BCUT2D eigenvalue weighted by atomic mass is 35.5. The standard InChI is InChI=1S/C11H17N3O2.2ClH/c1-16-6-5-13-9-11(15)14-8-10-3-2-4-12-7-10;;/h2-4,7,13H,5-6,8-9H2,1H3,(H,14,15);2*1H. The Morgan fingerprint density at radius 1 is 1.44 bits per heavy atom. The van der Waals surface area contributed by atoms with Crippen LogP contribution in [0, 0.1) is 0 Å². The van der Waals surface area contributed by atoms with Gasteiger partial charge in [-0.25, -0.2) is 0 Å². The molecule has 2 N–H and O–H groups in total. The lowest BCUT2D eigenvalue weighted by Gasteiger charge is -2.06. The minimum absolute atomic E-state index is 0. The molecule has 0 unspecified atom stereocenters. The molecule has 7 heteroatoms. The number of halogens is 2. The molecular formula is C11H19Cl2N3O2. The third-order valence-electron chi connectivity index (χ3n) is 1.98. The maximum Gasteiger partial charge on any atom is 0.234 e. The topological polar surface area (TPSA) is 63.2 Å². The highest BCUT2D eigenvalue weighted by Crippen LogP contribution is 1.93. The first-order valence-electron chi connectivity index (χ1n) is 5.18. The maximum absolute atomic E-state index is 11.3. The summed E-state index contributed by atoms with van der Waals surface area (Å²) in [5.74, 6) is -0.0278. The summed E-state index contributed by atoms with van der Waals surface area (Å²) in [6, 6.07) is 3.77. The summed E-state index contributed by atoms with van der Waals surface area (Å²) >= 11 is 0. The molecule has 1 aromatic heterocycles. The van der Waals surface area contributed by atoms with Crippen LogP contribution in [-0.2, 0) is 16.1 Å². The lowest BCUT2D eigenvalue weighted by molar-refractivity contribution is -0.120. The van der Waals surface area contributed by atoms with Gasteiger partial charge in [-0.2, -0.15) is 0 Å². The summed E-state index contributed by atoms with van der Waals surface area (Å²) < 4.78 is 4.85. The molecular weight excluding hydrogens is 277 g/mol. The van der Waals surface area contributed by atoms with Gasteiger partial charge >= 0.3 is 0 Å². The Labute approximate surface area is 120 Å². The molecule has 0 aliphatic rings. The molecule has 1 aromatic rings. The van der Waals surface area contributed by atoms with Crippen LogP contribution in [0.25, 0.3) is 0 Å². The molecule has 104 valence electrons. The summed E-state index contributed by atoms with van der Waals surface area (Å²) in [4.78, 5) is 15.3. The Kier molecular flexibility index (Phi) is 13.6. The average Bonchev–Trinajstić information content (AvgIpc) is 2.33. The van der Waals surface area contributed by atoms with Gasteiger partial charge in [0.2, 0.25) is 5.91 Å². The van der Waals surface area contributed by atoms with Crippen LogP contribution in [0.4, 0.5) is 0 Å². The maximum atomic E-state index is 11.3. The predicted molar refractivity (Wildman–Crippen MR) is 75.3 cm³/mol. The van der Waals surface area contributed by atoms with Gasteiger partial charge in [0.05, 0.1) is 13.2 Å². The van der Waals surface area contributed by atoms with Crippen LogP contribution in [0.1, 0.15) is 5.56 Å². The Balaban J connectivity index is 0. The fraction of sp³-hybridized carbons (Fsp3) is 0.455. The first-order chi connectivity index (χ1) is 7.83. The number of carbonyl (C=O) groups excluding carboxylic acids is 1. The molecule has 0 saturated carbocycles. The fourth-order valence-electron chi connectivity index (χ4n) is 1.14. The van der Waals surface area contributed by atoms with Crippen LogP contribution < -0.4 is 10.6 Å². The van der Waals surface area contributed by atoms with Crippen molar-refractivity contribution in [3.05, 3.63) is 30.1 Å². The Morgan fingerprint density at radius 2 is 2.22 bits per heavy atom. The van der Waals surface area contributed by atoms with E-state index in [9.17, 15) is 4.79 Å². The second-order valence-corrected chi connectivity index (χ2v) is 3.31. The van der Waals surface area contributed by atoms with Crippen molar-refractivity contribution < 1.29 is 9.53 Å². The third-order valence-corrected chi connectivity index (χ3v) is 1.98. The Bertz CT molecular complexity index is 312. The summed E-state index contributed by atoms with van der Waals surface area (Å²) in [7, 11) is 1.63. The molecule has 1 amide bonds. The molecule has 1 heterocycles. The van der Waals surface area contributed by atoms with E-state index in [1.807, 2.05) is 12.1 Å². The Morgan fingerprint density at radius 3 is 2.83 bits per heavy atom. The monoisotopic (exact) mass is 295 g/mol. The first kappa shape index (κ1) is 19.5. The van der Waals surface area contributed by atoms with Crippen molar-refractivity contribution in [1.29, 1.82) is 0 Å². The van der Waals surface area contributed by atoms with Crippen LogP contribution in [0.3, 0.4) is 0 Å². The number of carbonyl (C=O) groups is 1.